The van der Waals surface area contributed by atoms with Gasteiger partial charge in [0.2, 0.25) is 0 Å². The highest BCUT2D eigenvalue weighted by atomic mass is 15.1. The molecule has 0 saturated carbocycles. The maximum Gasteiger partial charge on any atom is 0.0474 e. The Morgan fingerprint density at radius 2 is 0.561 bits per heavy atom. The Morgan fingerprint density at radius 3 is 0.982 bits per heavy atom. The predicted octanol–water partition coefficient (Wildman–Crippen LogP) is 15.8. The average Bonchev–Trinajstić information content (AvgIpc) is 3.30. The zero-order valence-electron chi connectivity index (χ0n) is 31.5. The lowest BCUT2D eigenvalue weighted by molar-refractivity contribution is 1.28. The van der Waals surface area contributed by atoms with Gasteiger partial charge in [0, 0.05) is 17.1 Å². The van der Waals surface area contributed by atoms with Gasteiger partial charge in [0.1, 0.15) is 0 Å². The molecule has 0 N–H and O–H groups in total. The van der Waals surface area contributed by atoms with Crippen LogP contribution in [-0.4, -0.2) is 0 Å². The van der Waals surface area contributed by atoms with E-state index < -0.39 is 0 Å². The Hall–Kier alpha value is -7.48. The zero-order chi connectivity index (χ0) is 38.0. The molecule has 10 rings (SSSR count). The summed E-state index contributed by atoms with van der Waals surface area (Å²) >= 11 is 0. The lowest BCUT2D eigenvalue weighted by Crippen LogP contribution is -2.11. The first-order valence-electron chi connectivity index (χ1n) is 19.6. The monoisotopic (exact) mass is 725 g/mol. The van der Waals surface area contributed by atoms with E-state index in [-0.39, 0.29) is 0 Å². The standard InChI is InChI=1S/C56H39N/c1-4-16-44(17-5-1)54-38-53(39-55(45-18-6-2-7-19-45)56(54)46-20-8-3-9-21-46)57(51-32-28-42(29-33-51)49-26-24-40-14-10-12-22-47(40)36-49)52-34-30-43(31-35-52)50-27-25-41-15-11-13-23-48(41)37-50/h1-39H. The van der Waals surface area contributed by atoms with Gasteiger partial charge in [0.05, 0.1) is 0 Å². The molecule has 0 fully saturated rings. The Bertz CT molecular complexity index is 2780. The van der Waals surface area contributed by atoms with E-state index >= 15 is 0 Å². The third kappa shape index (κ3) is 6.77. The van der Waals surface area contributed by atoms with Gasteiger partial charge in [-0.2, -0.15) is 0 Å². The minimum Gasteiger partial charge on any atom is -0.310 e. The first kappa shape index (κ1) is 34.0. The molecule has 0 aliphatic rings. The second-order valence-corrected chi connectivity index (χ2v) is 14.6. The molecule has 10 aromatic carbocycles. The van der Waals surface area contributed by atoms with E-state index in [0.717, 1.165) is 17.1 Å². The molecule has 0 atom stereocenters. The van der Waals surface area contributed by atoms with Gasteiger partial charge in [-0.05, 0) is 126 Å². The van der Waals surface area contributed by atoms with Crippen LogP contribution in [0.25, 0.3) is 77.2 Å². The van der Waals surface area contributed by atoms with Crippen LogP contribution in [0.2, 0.25) is 0 Å². The van der Waals surface area contributed by atoms with Gasteiger partial charge < -0.3 is 4.90 Å². The summed E-state index contributed by atoms with van der Waals surface area (Å²) in [5.41, 5.74) is 15.2. The maximum absolute atomic E-state index is 2.40. The molecule has 57 heavy (non-hydrogen) atoms. The van der Waals surface area contributed by atoms with Crippen molar-refractivity contribution in [3.05, 3.63) is 237 Å². The van der Waals surface area contributed by atoms with Crippen molar-refractivity contribution in [2.45, 2.75) is 0 Å². The molecule has 0 saturated heterocycles. The van der Waals surface area contributed by atoms with Crippen molar-refractivity contribution in [1.82, 2.24) is 0 Å². The van der Waals surface area contributed by atoms with E-state index in [2.05, 4.69) is 241 Å². The summed E-state index contributed by atoms with van der Waals surface area (Å²) in [5.74, 6) is 0. The second-order valence-electron chi connectivity index (χ2n) is 14.6. The fourth-order valence-electron chi connectivity index (χ4n) is 8.15. The third-order valence-electron chi connectivity index (χ3n) is 11.0. The van der Waals surface area contributed by atoms with Gasteiger partial charge in [0.25, 0.3) is 0 Å². The van der Waals surface area contributed by atoms with Crippen molar-refractivity contribution in [1.29, 1.82) is 0 Å². The van der Waals surface area contributed by atoms with Crippen molar-refractivity contribution in [3.8, 4) is 55.6 Å². The molecule has 0 radical (unpaired) electrons. The van der Waals surface area contributed by atoms with Gasteiger partial charge in [-0.15, -0.1) is 0 Å². The summed E-state index contributed by atoms with van der Waals surface area (Å²) in [6, 6.07) is 85.8. The fraction of sp³-hybridized carbons (Fsp3) is 0. The van der Waals surface area contributed by atoms with Crippen molar-refractivity contribution in [2.75, 3.05) is 4.90 Å². The molecule has 268 valence electrons. The van der Waals surface area contributed by atoms with Crippen LogP contribution < -0.4 is 4.90 Å². The van der Waals surface area contributed by atoms with Crippen LogP contribution in [0.1, 0.15) is 0 Å². The molecule has 0 aliphatic heterocycles. The summed E-state index contributed by atoms with van der Waals surface area (Å²) in [4.78, 5) is 2.40. The Balaban J connectivity index is 1.16. The number of rotatable bonds is 8. The molecule has 0 spiro atoms. The van der Waals surface area contributed by atoms with E-state index in [0.29, 0.717) is 0 Å². The summed E-state index contributed by atoms with van der Waals surface area (Å²) in [6.45, 7) is 0. The number of benzene rings is 10. The Labute approximate surface area is 334 Å². The van der Waals surface area contributed by atoms with Crippen molar-refractivity contribution in [3.63, 3.8) is 0 Å². The maximum atomic E-state index is 2.40. The molecule has 0 aromatic heterocycles. The molecular weight excluding hydrogens is 687 g/mol. The molecule has 0 unspecified atom stereocenters. The van der Waals surface area contributed by atoms with Gasteiger partial charge >= 0.3 is 0 Å². The molecule has 0 bridgehead atoms. The number of hydrogen-bond acceptors (Lipinski definition) is 1. The summed E-state index contributed by atoms with van der Waals surface area (Å²) in [6.07, 6.45) is 0. The summed E-state index contributed by atoms with van der Waals surface area (Å²) in [7, 11) is 0. The second kappa shape index (κ2) is 15.0. The van der Waals surface area contributed by atoms with Crippen LogP contribution in [0.3, 0.4) is 0 Å². The highest BCUT2D eigenvalue weighted by Crippen LogP contribution is 2.46. The van der Waals surface area contributed by atoms with E-state index in [1.165, 1.54) is 77.2 Å². The number of hydrogen-bond donors (Lipinski definition) is 0. The quantitative estimate of drug-likeness (QED) is 0.151. The third-order valence-corrected chi connectivity index (χ3v) is 11.0. The van der Waals surface area contributed by atoms with Gasteiger partial charge in [-0.25, -0.2) is 0 Å². The fourth-order valence-corrected chi connectivity index (χ4v) is 8.15. The number of fused-ring (bicyclic) bond motifs is 2. The minimum atomic E-state index is 1.09. The zero-order valence-corrected chi connectivity index (χ0v) is 31.5. The smallest absolute Gasteiger partial charge is 0.0474 e. The lowest BCUT2D eigenvalue weighted by Gasteiger charge is -2.29. The van der Waals surface area contributed by atoms with E-state index in [4.69, 9.17) is 0 Å². The van der Waals surface area contributed by atoms with Crippen LogP contribution in [-0.2, 0) is 0 Å². The van der Waals surface area contributed by atoms with Gasteiger partial charge in [-0.1, -0.05) is 188 Å². The van der Waals surface area contributed by atoms with Crippen LogP contribution in [0.15, 0.2) is 237 Å². The SMILES string of the molecule is c1ccc(-c2cc(N(c3ccc(-c4ccc5ccccc5c4)cc3)c3ccc(-c4ccc5ccccc5c4)cc3)cc(-c3ccccc3)c2-c2ccccc2)cc1. The highest BCUT2D eigenvalue weighted by molar-refractivity contribution is 5.99. The van der Waals surface area contributed by atoms with Crippen LogP contribution in [0.5, 0.6) is 0 Å². The molecule has 1 nitrogen and oxygen atoms in total. The average molecular weight is 726 g/mol. The molecule has 0 aliphatic carbocycles. The molecule has 1 heteroatoms. The van der Waals surface area contributed by atoms with E-state index in [9.17, 15) is 0 Å². The molecule has 0 amide bonds. The van der Waals surface area contributed by atoms with Crippen LogP contribution >= 0.6 is 0 Å². The summed E-state index contributed by atoms with van der Waals surface area (Å²) in [5, 5.41) is 4.98. The lowest BCUT2D eigenvalue weighted by atomic mass is 9.86. The molecule has 10 aromatic rings. The van der Waals surface area contributed by atoms with Crippen LogP contribution in [0.4, 0.5) is 17.1 Å². The highest BCUT2D eigenvalue weighted by Gasteiger charge is 2.21. The van der Waals surface area contributed by atoms with Crippen LogP contribution in [0, 0.1) is 0 Å². The first-order valence-corrected chi connectivity index (χ1v) is 19.6. The number of anilines is 3. The van der Waals surface area contributed by atoms with E-state index in [1.807, 2.05) is 0 Å². The minimum absolute atomic E-state index is 1.09. The predicted molar refractivity (Wildman–Crippen MR) is 243 cm³/mol. The normalized spacial score (nSPS) is 11.2. The van der Waals surface area contributed by atoms with Crippen molar-refractivity contribution < 1.29 is 0 Å². The van der Waals surface area contributed by atoms with Crippen molar-refractivity contribution in [2.24, 2.45) is 0 Å². The number of nitrogens with zero attached hydrogens (tertiary/aromatic N) is 1. The van der Waals surface area contributed by atoms with Gasteiger partial charge in [0.15, 0.2) is 0 Å². The van der Waals surface area contributed by atoms with E-state index in [1.54, 1.807) is 0 Å². The molecular formula is C56H39N. The first-order chi connectivity index (χ1) is 28.2. The topological polar surface area (TPSA) is 3.24 Å². The van der Waals surface area contributed by atoms with Gasteiger partial charge in [-0.3, -0.25) is 0 Å². The largest absolute Gasteiger partial charge is 0.310 e. The Kier molecular flexibility index (Phi) is 8.95. The Morgan fingerprint density at radius 1 is 0.211 bits per heavy atom. The summed E-state index contributed by atoms with van der Waals surface area (Å²) < 4.78 is 0. The van der Waals surface area contributed by atoms with Crippen molar-refractivity contribution >= 4 is 38.6 Å². The molecule has 0 heterocycles.